The van der Waals surface area contributed by atoms with Crippen LogP contribution in [0.1, 0.15) is 32.1 Å². The summed E-state index contributed by atoms with van der Waals surface area (Å²) in [7, 11) is 0. The van der Waals surface area contributed by atoms with Crippen molar-refractivity contribution >= 4 is 17.4 Å². The Hall–Kier alpha value is -1.48. The summed E-state index contributed by atoms with van der Waals surface area (Å²) in [4.78, 5) is 0. The van der Waals surface area contributed by atoms with Crippen molar-refractivity contribution in [3.8, 4) is 11.1 Å². The molecule has 1 fully saturated rings. The van der Waals surface area contributed by atoms with Gasteiger partial charge >= 0.3 is 0 Å². The molecule has 0 saturated heterocycles. The fraction of sp³-hybridized carbons (Fsp3) is 0.438. The van der Waals surface area contributed by atoms with E-state index in [2.05, 4.69) is 15.5 Å². The molecule has 4 heteroatoms. The monoisotopic (exact) mass is 289 g/mol. The van der Waals surface area contributed by atoms with Crippen LogP contribution in [0.2, 0.25) is 5.02 Å². The van der Waals surface area contributed by atoms with Crippen molar-refractivity contribution in [3.63, 3.8) is 0 Å². The van der Waals surface area contributed by atoms with Crippen molar-refractivity contribution < 1.29 is 0 Å². The Morgan fingerprint density at radius 2 is 1.90 bits per heavy atom. The Morgan fingerprint density at radius 3 is 2.65 bits per heavy atom. The predicted molar refractivity (Wildman–Crippen MR) is 84.1 cm³/mol. The molecule has 106 valence electrons. The zero-order valence-corrected chi connectivity index (χ0v) is 12.3. The molecule has 2 N–H and O–H groups in total. The van der Waals surface area contributed by atoms with Gasteiger partial charge in [-0.2, -0.15) is 5.10 Å². The topological polar surface area (TPSA) is 40.7 Å². The van der Waals surface area contributed by atoms with Gasteiger partial charge in [-0.25, -0.2) is 0 Å². The molecule has 0 aliphatic heterocycles. The fourth-order valence-electron chi connectivity index (χ4n) is 2.91. The maximum absolute atomic E-state index is 5.94. The molecule has 1 aliphatic carbocycles. The maximum Gasteiger partial charge on any atom is 0.129 e. The number of hydrogen-bond acceptors (Lipinski definition) is 2. The van der Waals surface area contributed by atoms with Gasteiger partial charge in [-0.15, -0.1) is 0 Å². The summed E-state index contributed by atoms with van der Waals surface area (Å²) in [5.41, 5.74) is 2.24. The number of aromatic amines is 1. The van der Waals surface area contributed by atoms with Crippen LogP contribution in [0.4, 0.5) is 5.82 Å². The van der Waals surface area contributed by atoms with Gasteiger partial charge in [-0.3, -0.25) is 5.10 Å². The van der Waals surface area contributed by atoms with Crippen molar-refractivity contribution in [1.29, 1.82) is 0 Å². The van der Waals surface area contributed by atoms with Crippen LogP contribution in [0.15, 0.2) is 30.5 Å². The molecule has 3 rings (SSSR count). The summed E-state index contributed by atoms with van der Waals surface area (Å²) in [6, 6.07) is 7.88. The van der Waals surface area contributed by atoms with Crippen LogP contribution in [-0.2, 0) is 0 Å². The Labute approximate surface area is 124 Å². The number of halogens is 1. The molecule has 1 saturated carbocycles. The van der Waals surface area contributed by atoms with Crippen LogP contribution in [0.3, 0.4) is 0 Å². The van der Waals surface area contributed by atoms with Gasteiger partial charge in [0.1, 0.15) is 5.82 Å². The third-order valence-corrected chi connectivity index (χ3v) is 4.34. The standard InChI is InChI=1S/C16H20ClN3/c17-14-8-6-13(7-9-14)15-11-19-20-16(15)18-10-12-4-2-1-3-5-12/h6-9,11-12H,1-5,10H2,(H2,18,19,20). The fourth-order valence-corrected chi connectivity index (χ4v) is 3.03. The third-order valence-electron chi connectivity index (χ3n) is 4.09. The van der Waals surface area contributed by atoms with Crippen LogP contribution >= 0.6 is 11.6 Å². The van der Waals surface area contributed by atoms with E-state index in [1.54, 1.807) is 0 Å². The quantitative estimate of drug-likeness (QED) is 0.855. The largest absolute Gasteiger partial charge is 0.370 e. The van der Waals surface area contributed by atoms with E-state index in [1.165, 1.54) is 32.1 Å². The lowest BCUT2D eigenvalue weighted by Crippen LogP contribution is -2.17. The van der Waals surface area contributed by atoms with E-state index in [9.17, 15) is 0 Å². The first-order valence-electron chi connectivity index (χ1n) is 7.36. The van der Waals surface area contributed by atoms with Gasteiger partial charge < -0.3 is 5.32 Å². The Bertz CT molecular complexity index is 541. The van der Waals surface area contributed by atoms with E-state index in [4.69, 9.17) is 11.6 Å². The molecule has 1 heterocycles. The highest BCUT2D eigenvalue weighted by atomic mass is 35.5. The van der Waals surface area contributed by atoms with Crippen LogP contribution in [-0.4, -0.2) is 16.7 Å². The Morgan fingerprint density at radius 1 is 1.15 bits per heavy atom. The minimum absolute atomic E-state index is 0.758. The second-order valence-corrected chi connectivity index (χ2v) is 5.99. The van der Waals surface area contributed by atoms with Crippen molar-refractivity contribution in [1.82, 2.24) is 10.2 Å². The average Bonchev–Trinajstić information content (AvgIpc) is 2.95. The van der Waals surface area contributed by atoms with Crippen molar-refractivity contribution in [2.45, 2.75) is 32.1 Å². The van der Waals surface area contributed by atoms with Crippen molar-refractivity contribution in [3.05, 3.63) is 35.5 Å². The molecule has 0 radical (unpaired) electrons. The van der Waals surface area contributed by atoms with Crippen LogP contribution in [0.5, 0.6) is 0 Å². The molecule has 1 aliphatic rings. The summed E-state index contributed by atoms with van der Waals surface area (Å²) in [6.07, 6.45) is 8.70. The smallest absolute Gasteiger partial charge is 0.129 e. The lowest BCUT2D eigenvalue weighted by atomic mass is 9.89. The molecule has 2 aromatic rings. The highest BCUT2D eigenvalue weighted by molar-refractivity contribution is 6.30. The minimum atomic E-state index is 0.758. The van der Waals surface area contributed by atoms with E-state index >= 15 is 0 Å². The number of nitrogens with one attached hydrogen (secondary N) is 2. The second kappa shape index (κ2) is 6.31. The predicted octanol–water partition coefficient (Wildman–Crippen LogP) is 4.72. The molecule has 0 bridgehead atoms. The molecular weight excluding hydrogens is 270 g/mol. The number of anilines is 1. The molecule has 20 heavy (non-hydrogen) atoms. The lowest BCUT2D eigenvalue weighted by molar-refractivity contribution is 0.373. The van der Waals surface area contributed by atoms with E-state index in [0.29, 0.717) is 0 Å². The van der Waals surface area contributed by atoms with E-state index < -0.39 is 0 Å². The number of hydrogen-bond donors (Lipinski definition) is 2. The molecule has 0 spiro atoms. The Kier molecular flexibility index (Phi) is 4.26. The first-order chi connectivity index (χ1) is 9.83. The van der Waals surface area contributed by atoms with E-state index in [0.717, 1.165) is 34.4 Å². The SMILES string of the molecule is Clc1ccc(-c2cn[nH]c2NCC2CCCCC2)cc1. The second-order valence-electron chi connectivity index (χ2n) is 5.55. The van der Waals surface area contributed by atoms with Gasteiger partial charge in [0, 0.05) is 17.1 Å². The summed E-state index contributed by atoms with van der Waals surface area (Å²) < 4.78 is 0. The van der Waals surface area contributed by atoms with Gasteiger partial charge in [0.05, 0.1) is 6.20 Å². The average molecular weight is 290 g/mol. The molecule has 1 aromatic carbocycles. The van der Waals surface area contributed by atoms with Gasteiger partial charge in [0.2, 0.25) is 0 Å². The van der Waals surface area contributed by atoms with Crippen LogP contribution < -0.4 is 5.32 Å². The summed E-state index contributed by atoms with van der Waals surface area (Å²) >= 11 is 5.94. The first-order valence-corrected chi connectivity index (χ1v) is 7.74. The highest BCUT2D eigenvalue weighted by Crippen LogP contribution is 2.28. The van der Waals surface area contributed by atoms with Crippen LogP contribution in [0.25, 0.3) is 11.1 Å². The molecule has 1 aromatic heterocycles. The number of aromatic nitrogens is 2. The lowest BCUT2D eigenvalue weighted by Gasteiger charge is -2.22. The molecular formula is C16H20ClN3. The van der Waals surface area contributed by atoms with Gasteiger partial charge in [-0.05, 0) is 36.5 Å². The molecule has 3 nitrogen and oxygen atoms in total. The molecule has 0 amide bonds. The van der Waals surface area contributed by atoms with Crippen molar-refractivity contribution in [2.75, 3.05) is 11.9 Å². The maximum atomic E-state index is 5.94. The number of H-pyrrole nitrogens is 1. The molecule has 0 unspecified atom stereocenters. The minimum Gasteiger partial charge on any atom is -0.370 e. The zero-order chi connectivity index (χ0) is 13.8. The highest BCUT2D eigenvalue weighted by Gasteiger charge is 2.14. The summed E-state index contributed by atoms with van der Waals surface area (Å²) in [6.45, 7) is 1.03. The third kappa shape index (κ3) is 3.15. The van der Waals surface area contributed by atoms with Crippen molar-refractivity contribution in [2.24, 2.45) is 5.92 Å². The van der Waals surface area contributed by atoms with Crippen LogP contribution in [0, 0.1) is 5.92 Å². The van der Waals surface area contributed by atoms with E-state index in [1.807, 2.05) is 30.5 Å². The number of benzene rings is 1. The van der Waals surface area contributed by atoms with E-state index in [-0.39, 0.29) is 0 Å². The van der Waals surface area contributed by atoms with Gasteiger partial charge in [0.25, 0.3) is 0 Å². The first kappa shape index (κ1) is 13.5. The van der Waals surface area contributed by atoms with Gasteiger partial charge in [-0.1, -0.05) is 43.0 Å². The number of nitrogens with zero attached hydrogens (tertiary/aromatic N) is 1. The summed E-state index contributed by atoms with van der Waals surface area (Å²) in [5, 5.41) is 11.5. The Balaban J connectivity index is 1.68. The molecule has 0 atom stereocenters. The summed E-state index contributed by atoms with van der Waals surface area (Å²) in [5.74, 6) is 1.81. The normalized spacial score (nSPS) is 16.2. The number of rotatable bonds is 4. The zero-order valence-electron chi connectivity index (χ0n) is 11.5. The van der Waals surface area contributed by atoms with Gasteiger partial charge in [0.15, 0.2) is 0 Å².